The van der Waals surface area contributed by atoms with E-state index in [0.29, 0.717) is 23.6 Å². The number of ether oxygens (including phenoxy) is 1. The molecule has 2 aromatic rings. The Morgan fingerprint density at radius 3 is 2.78 bits per heavy atom. The topological polar surface area (TPSA) is 57.0 Å². The highest BCUT2D eigenvalue weighted by Gasteiger charge is 2.15. The lowest BCUT2D eigenvalue weighted by atomic mass is 10.1. The second-order valence-corrected chi connectivity index (χ2v) is 3.97. The number of hydrogen-bond acceptors (Lipinski definition) is 4. The van der Waals surface area contributed by atoms with E-state index < -0.39 is 0 Å². The Labute approximate surface area is 105 Å². The normalized spacial score (nSPS) is 10.4. The van der Waals surface area contributed by atoms with Crippen LogP contribution in [-0.2, 0) is 7.05 Å². The van der Waals surface area contributed by atoms with Crippen molar-refractivity contribution in [2.24, 2.45) is 7.05 Å². The van der Waals surface area contributed by atoms with E-state index in [9.17, 15) is 4.79 Å². The predicted octanol–water partition coefficient (Wildman–Crippen LogP) is 1.75. The summed E-state index contributed by atoms with van der Waals surface area (Å²) in [6, 6.07) is 3.46. The molecular weight excluding hydrogens is 230 g/mol. The zero-order chi connectivity index (χ0) is 13.1. The summed E-state index contributed by atoms with van der Waals surface area (Å²) in [5.41, 5.74) is 1.86. The fourth-order valence-electron chi connectivity index (χ4n) is 1.76. The molecule has 2 aromatic heterocycles. The molecule has 2 rings (SSSR count). The van der Waals surface area contributed by atoms with Gasteiger partial charge in [0.25, 0.3) is 0 Å². The van der Waals surface area contributed by atoms with Crippen molar-refractivity contribution >= 4 is 5.78 Å². The van der Waals surface area contributed by atoms with Gasteiger partial charge >= 0.3 is 0 Å². The van der Waals surface area contributed by atoms with Gasteiger partial charge in [0.1, 0.15) is 11.4 Å². The highest BCUT2D eigenvalue weighted by molar-refractivity contribution is 6.07. The minimum Gasteiger partial charge on any atom is -0.492 e. The molecule has 0 saturated carbocycles. The first-order valence-electron chi connectivity index (χ1n) is 5.75. The van der Waals surface area contributed by atoms with E-state index in [1.807, 2.05) is 13.8 Å². The van der Waals surface area contributed by atoms with Crippen molar-refractivity contribution in [1.82, 2.24) is 14.8 Å². The average Bonchev–Trinajstić information content (AvgIpc) is 2.68. The molecule has 0 aliphatic heterocycles. The van der Waals surface area contributed by atoms with Gasteiger partial charge in [-0.05, 0) is 26.0 Å². The quantitative estimate of drug-likeness (QED) is 0.770. The Hall–Kier alpha value is -2.17. The second kappa shape index (κ2) is 5.00. The fourth-order valence-corrected chi connectivity index (χ4v) is 1.76. The number of aryl methyl sites for hydroxylation is 2. The lowest BCUT2D eigenvalue weighted by Gasteiger charge is -2.05. The van der Waals surface area contributed by atoms with Crippen molar-refractivity contribution in [1.29, 1.82) is 0 Å². The van der Waals surface area contributed by atoms with Gasteiger partial charge in [0, 0.05) is 18.8 Å². The first-order valence-corrected chi connectivity index (χ1v) is 5.75. The molecule has 5 nitrogen and oxygen atoms in total. The van der Waals surface area contributed by atoms with Crippen LogP contribution in [0.3, 0.4) is 0 Å². The molecule has 0 unspecified atom stereocenters. The van der Waals surface area contributed by atoms with Crippen LogP contribution in [0.5, 0.6) is 5.75 Å². The van der Waals surface area contributed by atoms with Crippen molar-refractivity contribution in [3.63, 3.8) is 0 Å². The summed E-state index contributed by atoms with van der Waals surface area (Å²) < 4.78 is 6.91. The second-order valence-electron chi connectivity index (χ2n) is 3.97. The van der Waals surface area contributed by atoms with Crippen molar-refractivity contribution in [2.75, 3.05) is 6.61 Å². The molecule has 0 bridgehead atoms. The van der Waals surface area contributed by atoms with Crippen LogP contribution < -0.4 is 4.74 Å². The number of hydrogen-bond donors (Lipinski definition) is 0. The van der Waals surface area contributed by atoms with Crippen LogP contribution in [0, 0.1) is 6.92 Å². The number of rotatable bonds is 4. The number of aromatic nitrogens is 3. The van der Waals surface area contributed by atoms with Gasteiger partial charge in [0.15, 0.2) is 0 Å². The zero-order valence-electron chi connectivity index (χ0n) is 10.7. The largest absolute Gasteiger partial charge is 0.492 e. The molecule has 0 N–H and O–H groups in total. The summed E-state index contributed by atoms with van der Waals surface area (Å²) in [6.45, 7) is 4.29. The molecule has 2 heterocycles. The maximum atomic E-state index is 12.3. The van der Waals surface area contributed by atoms with Gasteiger partial charge in [-0.15, -0.1) is 0 Å². The van der Waals surface area contributed by atoms with Crippen LogP contribution in [-0.4, -0.2) is 27.2 Å². The molecule has 0 aliphatic rings. The van der Waals surface area contributed by atoms with Gasteiger partial charge in [-0.1, -0.05) is 0 Å². The maximum Gasteiger partial charge on any atom is 0.212 e. The Morgan fingerprint density at radius 1 is 1.39 bits per heavy atom. The molecule has 0 atom stereocenters. The van der Waals surface area contributed by atoms with E-state index in [1.165, 1.54) is 6.20 Å². The smallest absolute Gasteiger partial charge is 0.212 e. The van der Waals surface area contributed by atoms with Gasteiger partial charge in [0.05, 0.1) is 18.5 Å². The van der Waals surface area contributed by atoms with Crippen LogP contribution in [0.2, 0.25) is 0 Å². The molecule has 0 fully saturated rings. The first kappa shape index (κ1) is 12.3. The van der Waals surface area contributed by atoms with E-state index in [-0.39, 0.29) is 5.78 Å². The van der Waals surface area contributed by atoms with E-state index in [4.69, 9.17) is 4.74 Å². The number of ketones is 1. The van der Waals surface area contributed by atoms with Gasteiger partial charge in [-0.2, -0.15) is 5.10 Å². The lowest BCUT2D eigenvalue weighted by molar-refractivity contribution is 0.102. The third-order valence-electron chi connectivity index (χ3n) is 2.52. The number of pyridine rings is 1. The molecule has 0 amide bonds. The molecule has 0 aliphatic carbocycles. The average molecular weight is 245 g/mol. The van der Waals surface area contributed by atoms with Gasteiger partial charge < -0.3 is 4.74 Å². The third kappa shape index (κ3) is 2.40. The minimum absolute atomic E-state index is 0.104. The molecule has 94 valence electrons. The van der Waals surface area contributed by atoms with Crippen molar-refractivity contribution < 1.29 is 9.53 Å². The van der Waals surface area contributed by atoms with Crippen LogP contribution in [0.1, 0.15) is 28.7 Å². The molecule has 18 heavy (non-hydrogen) atoms. The maximum absolute atomic E-state index is 12.3. The van der Waals surface area contributed by atoms with Crippen LogP contribution in [0.4, 0.5) is 0 Å². The summed E-state index contributed by atoms with van der Waals surface area (Å²) in [4.78, 5) is 16.3. The predicted molar refractivity (Wildman–Crippen MR) is 66.8 cm³/mol. The molecule has 0 spiro atoms. The monoisotopic (exact) mass is 245 g/mol. The lowest BCUT2D eigenvalue weighted by Crippen LogP contribution is -2.08. The number of carbonyl (C=O) groups is 1. The highest BCUT2D eigenvalue weighted by Crippen LogP contribution is 2.15. The van der Waals surface area contributed by atoms with Crippen molar-refractivity contribution in [3.8, 4) is 5.75 Å². The molecule has 0 aromatic carbocycles. The summed E-state index contributed by atoms with van der Waals surface area (Å²) >= 11 is 0. The molecule has 0 saturated heterocycles. The summed E-state index contributed by atoms with van der Waals surface area (Å²) in [6.07, 6.45) is 3.13. The number of nitrogens with zero attached hydrogens (tertiary/aromatic N) is 3. The first-order chi connectivity index (χ1) is 8.61. The Morgan fingerprint density at radius 2 is 2.17 bits per heavy atom. The van der Waals surface area contributed by atoms with Crippen LogP contribution >= 0.6 is 0 Å². The van der Waals surface area contributed by atoms with Gasteiger partial charge in [-0.3, -0.25) is 14.5 Å². The molecule has 0 radical (unpaired) electrons. The van der Waals surface area contributed by atoms with Crippen LogP contribution in [0.25, 0.3) is 0 Å². The van der Waals surface area contributed by atoms with Gasteiger partial charge in [0.2, 0.25) is 5.78 Å². The van der Waals surface area contributed by atoms with E-state index in [1.54, 1.807) is 30.1 Å². The highest BCUT2D eigenvalue weighted by atomic mass is 16.5. The minimum atomic E-state index is -0.104. The fraction of sp³-hybridized carbons (Fsp3) is 0.308. The number of carbonyl (C=O) groups excluding carboxylic acids is 1. The summed E-state index contributed by atoms with van der Waals surface area (Å²) in [7, 11) is 1.75. The SMILES string of the molecule is CCOc1cncc(C(=O)c2cc(C)nn2C)c1. The Kier molecular flexibility index (Phi) is 3.41. The van der Waals surface area contributed by atoms with Crippen LogP contribution in [0.15, 0.2) is 24.5 Å². The van der Waals surface area contributed by atoms with E-state index in [0.717, 1.165) is 5.69 Å². The third-order valence-corrected chi connectivity index (χ3v) is 2.52. The zero-order valence-corrected chi connectivity index (χ0v) is 10.7. The van der Waals surface area contributed by atoms with E-state index in [2.05, 4.69) is 10.1 Å². The van der Waals surface area contributed by atoms with Crippen molar-refractivity contribution in [3.05, 3.63) is 41.5 Å². The summed E-state index contributed by atoms with van der Waals surface area (Å²) in [5, 5.41) is 4.16. The van der Waals surface area contributed by atoms with Crippen molar-refractivity contribution in [2.45, 2.75) is 13.8 Å². The Balaban J connectivity index is 2.34. The van der Waals surface area contributed by atoms with E-state index >= 15 is 0 Å². The van der Waals surface area contributed by atoms with Gasteiger partial charge in [-0.25, -0.2) is 0 Å². The molecular formula is C13H15N3O2. The molecule has 5 heteroatoms. The standard InChI is InChI=1S/C13H15N3O2/c1-4-18-11-6-10(7-14-8-11)13(17)12-5-9(2)15-16(12)3/h5-8H,4H2,1-3H3. The summed E-state index contributed by atoms with van der Waals surface area (Å²) in [5.74, 6) is 0.495. The Bertz CT molecular complexity index is 575.